The van der Waals surface area contributed by atoms with Crippen LogP contribution in [0.2, 0.25) is 0 Å². The number of nitrogens with two attached hydrogens (primary N) is 1. The number of nitrogens with zero attached hydrogens (tertiary/aromatic N) is 1. The maximum Gasteiger partial charge on any atom is 0.334 e. The number of ether oxygens (including phenoxy) is 1. The predicted molar refractivity (Wildman–Crippen MR) is 44.9 cm³/mol. The second kappa shape index (κ2) is 2.98. The molecule has 0 aromatic carbocycles. The molecule has 0 aromatic rings. The van der Waals surface area contributed by atoms with Gasteiger partial charge in [-0.05, 0) is 6.08 Å². The molecule has 1 unspecified atom stereocenters. The largest absolute Gasteiger partial charge is 0.479 e. The van der Waals surface area contributed by atoms with Gasteiger partial charge in [0.1, 0.15) is 5.76 Å². The highest BCUT2D eigenvalue weighted by Gasteiger charge is 2.53. The molecule has 1 amide bonds. The molecule has 6 heteroatoms. The molecule has 2 aliphatic heterocycles. The van der Waals surface area contributed by atoms with Gasteiger partial charge in [0.2, 0.25) is 5.91 Å². The number of amides is 1. The van der Waals surface area contributed by atoms with Gasteiger partial charge < -0.3 is 15.6 Å². The molecule has 14 heavy (non-hydrogen) atoms. The minimum Gasteiger partial charge on any atom is -0.479 e. The van der Waals surface area contributed by atoms with Crippen LogP contribution < -0.4 is 5.73 Å². The van der Waals surface area contributed by atoms with Crippen LogP contribution >= 0.6 is 0 Å². The molecule has 0 saturated carbocycles. The lowest BCUT2D eigenvalue weighted by atomic mass is 10.1. The Hall–Kier alpha value is -1.56. The molecule has 2 aliphatic rings. The smallest absolute Gasteiger partial charge is 0.334 e. The van der Waals surface area contributed by atoms with E-state index in [2.05, 4.69) is 0 Å². The van der Waals surface area contributed by atoms with Crippen LogP contribution in [0.5, 0.6) is 0 Å². The Morgan fingerprint density at radius 3 is 3.00 bits per heavy atom. The van der Waals surface area contributed by atoms with Crippen molar-refractivity contribution < 1.29 is 19.4 Å². The Balaban J connectivity index is 2.26. The van der Waals surface area contributed by atoms with E-state index in [1.165, 1.54) is 11.0 Å². The first kappa shape index (κ1) is 9.01. The number of carbonyl (C=O) groups is 2. The number of hydrogen-bond donors (Lipinski definition) is 2. The van der Waals surface area contributed by atoms with Crippen molar-refractivity contribution >= 4 is 11.9 Å². The maximum atomic E-state index is 11.1. The van der Waals surface area contributed by atoms with Crippen LogP contribution in [0.25, 0.3) is 0 Å². The number of hydrogen-bond acceptors (Lipinski definition) is 4. The highest BCUT2D eigenvalue weighted by atomic mass is 16.5. The van der Waals surface area contributed by atoms with Crippen LogP contribution in [0.1, 0.15) is 6.42 Å². The minimum absolute atomic E-state index is 0.192. The standard InChI is InChI=1S/C8H10N2O4/c9-2-1-4-7(8(12)13)10-5(11)3-6(10)14-4/h1,6-7H,2-3,9H2,(H,12,13)/b4-1-/t6?,7-/m1/s1. The van der Waals surface area contributed by atoms with Crippen LogP contribution in [0.15, 0.2) is 11.8 Å². The molecule has 2 fully saturated rings. The molecule has 0 bridgehead atoms. The van der Waals surface area contributed by atoms with Crippen molar-refractivity contribution in [1.82, 2.24) is 4.90 Å². The Bertz CT molecular complexity index is 325. The molecule has 3 N–H and O–H groups in total. The van der Waals surface area contributed by atoms with E-state index < -0.39 is 18.2 Å². The minimum atomic E-state index is -1.08. The van der Waals surface area contributed by atoms with E-state index in [-0.39, 0.29) is 24.6 Å². The molecule has 6 nitrogen and oxygen atoms in total. The van der Waals surface area contributed by atoms with Crippen molar-refractivity contribution in [3.05, 3.63) is 11.8 Å². The van der Waals surface area contributed by atoms with Gasteiger partial charge in [-0.15, -0.1) is 0 Å². The summed E-state index contributed by atoms with van der Waals surface area (Å²) < 4.78 is 5.25. The quantitative estimate of drug-likeness (QED) is 0.548. The van der Waals surface area contributed by atoms with E-state index in [1.807, 2.05) is 0 Å². The van der Waals surface area contributed by atoms with E-state index >= 15 is 0 Å². The van der Waals surface area contributed by atoms with Gasteiger partial charge in [-0.2, -0.15) is 0 Å². The summed E-state index contributed by atoms with van der Waals surface area (Å²) in [5.41, 5.74) is 5.26. The molecular formula is C8H10N2O4. The molecular weight excluding hydrogens is 188 g/mol. The average Bonchev–Trinajstić information content (AvgIpc) is 2.39. The van der Waals surface area contributed by atoms with Crippen molar-refractivity contribution in [2.45, 2.75) is 18.7 Å². The Labute approximate surface area is 79.9 Å². The molecule has 2 heterocycles. The second-order valence-electron chi connectivity index (χ2n) is 3.16. The van der Waals surface area contributed by atoms with Crippen LogP contribution in [0.4, 0.5) is 0 Å². The number of rotatable bonds is 2. The molecule has 0 aliphatic carbocycles. The molecule has 2 rings (SSSR count). The first-order chi connectivity index (χ1) is 6.65. The number of carbonyl (C=O) groups excluding carboxylic acids is 1. The fourth-order valence-corrected chi connectivity index (χ4v) is 1.69. The summed E-state index contributed by atoms with van der Waals surface area (Å²) in [6, 6.07) is -0.982. The zero-order valence-electron chi connectivity index (χ0n) is 7.34. The molecule has 0 aromatic heterocycles. The van der Waals surface area contributed by atoms with Gasteiger partial charge >= 0.3 is 5.97 Å². The van der Waals surface area contributed by atoms with Gasteiger partial charge in [0, 0.05) is 6.54 Å². The number of β-lactam (4-membered cyclic amide) rings is 1. The third-order valence-electron chi connectivity index (χ3n) is 2.32. The van der Waals surface area contributed by atoms with E-state index in [9.17, 15) is 9.59 Å². The first-order valence-corrected chi connectivity index (χ1v) is 4.26. The second-order valence-corrected chi connectivity index (χ2v) is 3.16. The average molecular weight is 198 g/mol. The van der Waals surface area contributed by atoms with Gasteiger partial charge in [-0.25, -0.2) is 4.79 Å². The lowest BCUT2D eigenvalue weighted by Crippen LogP contribution is -2.54. The lowest BCUT2D eigenvalue weighted by molar-refractivity contribution is -0.163. The van der Waals surface area contributed by atoms with Crippen molar-refractivity contribution in [3.8, 4) is 0 Å². The van der Waals surface area contributed by atoms with Crippen molar-refractivity contribution in [2.75, 3.05) is 6.54 Å². The summed E-state index contributed by atoms with van der Waals surface area (Å²) in [7, 11) is 0. The van der Waals surface area contributed by atoms with Crippen molar-refractivity contribution in [2.24, 2.45) is 5.73 Å². The van der Waals surface area contributed by atoms with Crippen LogP contribution in [0, 0.1) is 0 Å². The summed E-state index contributed by atoms with van der Waals surface area (Å²) in [5, 5.41) is 8.89. The summed E-state index contributed by atoms with van der Waals surface area (Å²) in [6.45, 7) is 0.202. The van der Waals surface area contributed by atoms with E-state index in [0.29, 0.717) is 0 Å². The number of aliphatic carboxylic acids is 1. The Kier molecular flexibility index (Phi) is 1.92. The van der Waals surface area contributed by atoms with E-state index in [1.54, 1.807) is 0 Å². The van der Waals surface area contributed by atoms with E-state index in [4.69, 9.17) is 15.6 Å². The third kappa shape index (κ3) is 1.07. The van der Waals surface area contributed by atoms with E-state index in [0.717, 1.165) is 0 Å². The molecule has 0 spiro atoms. The van der Waals surface area contributed by atoms with Crippen LogP contribution in [-0.4, -0.2) is 40.7 Å². The maximum absolute atomic E-state index is 11.1. The van der Waals surface area contributed by atoms with Gasteiger partial charge in [0.05, 0.1) is 6.42 Å². The van der Waals surface area contributed by atoms with Crippen LogP contribution in [0.3, 0.4) is 0 Å². The lowest BCUT2D eigenvalue weighted by Gasteiger charge is -2.33. The zero-order valence-corrected chi connectivity index (χ0v) is 7.34. The Morgan fingerprint density at radius 1 is 1.79 bits per heavy atom. The van der Waals surface area contributed by atoms with Gasteiger partial charge in [-0.1, -0.05) is 0 Å². The fraction of sp³-hybridized carbons (Fsp3) is 0.500. The third-order valence-corrected chi connectivity index (χ3v) is 2.32. The highest BCUT2D eigenvalue weighted by molar-refractivity contribution is 5.91. The Morgan fingerprint density at radius 2 is 2.50 bits per heavy atom. The molecule has 2 saturated heterocycles. The highest BCUT2D eigenvalue weighted by Crippen LogP contribution is 2.36. The summed E-state index contributed by atoms with van der Waals surface area (Å²) >= 11 is 0. The fourth-order valence-electron chi connectivity index (χ4n) is 1.69. The van der Waals surface area contributed by atoms with Gasteiger partial charge in [0.25, 0.3) is 0 Å². The van der Waals surface area contributed by atoms with Gasteiger partial charge in [0.15, 0.2) is 12.3 Å². The predicted octanol–water partition coefficient (Wildman–Crippen LogP) is -1.13. The van der Waals surface area contributed by atoms with Crippen LogP contribution in [-0.2, 0) is 14.3 Å². The summed E-state index contributed by atoms with van der Waals surface area (Å²) in [5.74, 6) is -1.00. The SMILES string of the molecule is NC/C=C1\OC2CC(=O)N2[C@H]1C(=O)O. The van der Waals surface area contributed by atoms with Crippen molar-refractivity contribution in [1.29, 1.82) is 0 Å². The first-order valence-electron chi connectivity index (χ1n) is 4.26. The molecule has 2 atom stereocenters. The topological polar surface area (TPSA) is 92.9 Å². The monoisotopic (exact) mass is 198 g/mol. The number of carboxylic acid groups (broad SMARTS) is 1. The molecule has 76 valence electrons. The number of fused-ring (bicyclic) bond motifs is 1. The van der Waals surface area contributed by atoms with Gasteiger partial charge in [-0.3, -0.25) is 9.69 Å². The summed E-state index contributed by atoms with van der Waals surface area (Å²) in [6.07, 6.45) is 1.34. The number of carboxylic acids is 1. The zero-order chi connectivity index (χ0) is 10.3. The summed E-state index contributed by atoms with van der Waals surface area (Å²) in [4.78, 5) is 23.2. The normalized spacial score (nSPS) is 32.5. The van der Waals surface area contributed by atoms with Crippen molar-refractivity contribution in [3.63, 3.8) is 0 Å². The molecule has 0 radical (unpaired) electrons.